The second-order valence-corrected chi connectivity index (χ2v) is 10.2. The lowest BCUT2D eigenvalue weighted by molar-refractivity contribution is -0.138. The molecular formula is C22H24F3N5O2S. The van der Waals surface area contributed by atoms with Crippen molar-refractivity contribution in [3.63, 3.8) is 0 Å². The minimum Gasteiger partial charge on any atom is -0.363 e. The number of pyridine rings is 1. The third kappa shape index (κ3) is 4.33. The number of benzene rings is 1. The summed E-state index contributed by atoms with van der Waals surface area (Å²) in [7, 11) is -3.42. The van der Waals surface area contributed by atoms with Crippen LogP contribution >= 0.6 is 0 Å². The molecule has 0 unspecified atom stereocenters. The van der Waals surface area contributed by atoms with Crippen LogP contribution in [-0.2, 0) is 16.2 Å². The van der Waals surface area contributed by atoms with E-state index < -0.39 is 27.8 Å². The average Bonchev–Trinajstić information content (AvgIpc) is 3.05. The molecule has 33 heavy (non-hydrogen) atoms. The second kappa shape index (κ2) is 8.12. The minimum atomic E-state index is -4.45. The molecule has 0 amide bonds. The Morgan fingerprint density at radius 2 is 1.85 bits per heavy atom. The van der Waals surface area contributed by atoms with Gasteiger partial charge in [0.1, 0.15) is 11.6 Å². The molecule has 0 bridgehead atoms. The van der Waals surface area contributed by atoms with Crippen molar-refractivity contribution in [3.8, 4) is 0 Å². The van der Waals surface area contributed by atoms with Crippen LogP contribution in [0.4, 0.5) is 24.7 Å². The molecule has 3 heterocycles. The van der Waals surface area contributed by atoms with Crippen molar-refractivity contribution in [1.29, 1.82) is 0 Å². The van der Waals surface area contributed by atoms with E-state index in [0.717, 1.165) is 6.07 Å². The molecule has 176 valence electrons. The highest BCUT2D eigenvalue weighted by molar-refractivity contribution is 7.93. The SMILES string of the molecule is Cc1nc(N[C@H](C)c2cccc(C(F)(F)F)c2C)c2cc(N3CCCS3(=O)=O)c(C)nc2n1. The van der Waals surface area contributed by atoms with E-state index in [-0.39, 0.29) is 11.3 Å². The highest BCUT2D eigenvalue weighted by atomic mass is 32.2. The largest absolute Gasteiger partial charge is 0.416 e. The van der Waals surface area contributed by atoms with Crippen molar-refractivity contribution in [3.05, 3.63) is 52.5 Å². The fourth-order valence-corrected chi connectivity index (χ4v) is 5.83. The smallest absolute Gasteiger partial charge is 0.363 e. The summed E-state index contributed by atoms with van der Waals surface area (Å²) in [6.45, 7) is 6.98. The van der Waals surface area contributed by atoms with Crippen LogP contribution in [-0.4, -0.2) is 35.7 Å². The molecule has 3 aromatic rings. The molecule has 1 aromatic carbocycles. The van der Waals surface area contributed by atoms with Crippen LogP contribution in [0.1, 0.15) is 47.6 Å². The van der Waals surface area contributed by atoms with Gasteiger partial charge in [-0.15, -0.1) is 0 Å². The summed E-state index contributed by atoms with van der Waals surface area (Å²) in [6, 6.07) is 5.26. The van der Waals surface area contributed by atoms with Crippen molar-refractivity contribution < 1.29 is 21.6 Å². The molecule has 1 atom stereocenters. The van der Waals surface area contributed by atoms with E-state index in [1.54, 1.807) is 32.9 Å². The molecule has 1 N–H and O–H groups in total. The van der Waals surface area contributed by atoms with Gasteiger partial charge in [-0.3, -0.25) is 4.31 Å². The molecule has 1 aliphatic rings. The van der Waals surface area contributed by atoms with E-state index in [9.17, 15) is 21.6 Å². The van der Waals surface area contributed by atoms with Gasteiger partial charge in [0.25, 0.3) is 0 Å². The Labute approximate surface area is 190 Å². The van der Waals surface area contributed by atoms with Gasteiger partial charge >= 0.3 is 6.18 Å². The van der Waals surface area contributed by atoms with E-state index in [0.29, 0.717) is 52.6 Å². The number of nitrogens with one attached hydrogen (secondary N) is 1. The Hall–Kier alpha value is -2.95. The number of fused-ring (bicyclic) bond motifs is 1. The number of alkyl halides is 3. The molecule has 0 radical (unpaired) electrons. The van der Waals surface area contributed by atoms with Crippen LogP contribution in [0, 0.1) is 20.8 Å². The van der Waals surface area contributed by atoms with E-state index in [4.69, 9.17) is 0 Å². The lowest BCUT2D eigenvalue weighted by atomic mass is 9.97. The topological polar surface area (TPSA) is 88.1 Å². The summed E-state index contributed by atoms with van der Waals surface area (Å²) in [5.74, 6) is 0.893. The Kier molecular flexibility index (Phi) is 5.71. The van der Waals surface area contributed by atoms with Crippen molar-refractivity contribution in [1.82, 2.24) is 15.0 Å². The molecule has 1 aliphatic heterocycles. The Balaban J connectivity index is 1.79. The third-order valence-corrected chi connectivity index (χ3v) is 7.69. The maximum absolute atomic E-state index is 13.4. The fourth-order valence-electron chi connectivity index (χ4n) is 4.23. The van der Waals surface area contributed by atoms with Crippen molar-refractivity contribution in [2.75, 3.05) is 21.9 Å². The molecule has 4 rings (SSSR count). The first-order chi connectivity index (χ1) is 15.4. The average molecular weight is 480 g/mol. The number of nitrogens with zero attached hydrogens (tertiary/aromatic N) is 4. The quantitative estimate of drug-likeness (QED) is 0.585. The predicted molar refractivity (Wildman–Crippen MR) is 121 cm³/mol. The Morgan fingerprint density at radius 3 is 2.48 bits per heavy atom. The number of rotatable bonds is 4. The molecular weight excluding hydrogens is 455 g/mol. The number of sulfonamides is 1. The van der Waals surface area contributed by atoms with Gasteiger partial charge in [-0.2, -0.15) is 13.2 Å². The van der Waals surface area contributed by atoms with Crippen LogP contribution in [0.15, 0.2) is 24.3 Å². The first kappa shape index (κ1) is 23.2. The number of aryl methyl sites for hydroxylation is 2. The van der Waals surface area contributed by atoms with Gasteiger partial charge < -0.3 is 5.32 Å². The lowest BCUT2D eigenvalue weighted by Gasteiger charge is -2.22. The molecule has 1 fully saturated rings. The van der Waals surface area contributed by atoms with E-state index in [1.165, 1.54) is 17.3 Å². The molecule has 0 spiro atoms. The maximum atomic E-state index is 13.4. The first-order valence-electron chi connectivity index (χ1n) is 10.5. The zero-order valence-electron chi connectivity index (χ0n) is 18.7. The van der Waals surface area contributed by atoms with Crippen LogP contribution in [0.3, 0.4) is 0 Å². The summed E-state index contributed by atoms with van der Waals surface area (Å²) in [6.07, 6.45) is -3.92. The van der Waals surface area contributed by atoms with Crippen molar-refractivity contribution in [2.24, 2.45) is 0 Å². The van der Waals surface area contributed by atoms with Gasteiger partial charge in [0.05, 0.1) is 34.1 Å². The third-order valence-electron chi connectivity index (χ3n) is 5.83. The molecule has 2 aromatic heterocycles. The zero-order valence-corrected chi connectivity index (χ0v) is 19.5. The summed E-state index contributed by atoms with van der Waals surface area (Å²) < 4.78 is 66.4. The summed E-state index contributed by atoms with van der Waals surface area (Å²) >= 11 is 0. The van der Waals surface area contributed by atoms with Crippen molar-refractivity contribution in [2.45, 2.75) is 46.3 Å². The van der Waals surface area contributed by atoms with Gasteiger partial charge in [0.2, 0.25) is 10.0 Å². The highest BCUT2D eigenvalue weighted by Crippen LogP contribution is 2.36. The first-order valence-corrected chi connectivity index (χ1v) is 12.1. The number of aromatic nitrogens is 3. The van der Waals surface area contributed by atoms with Crippen LogP contribution < -0.4 is 9.62 Å². The van der Waals surface area contributed by atoms with Gasteiger partial charge in [-0.05, 0) is 57.4 Å². The summed E-state index contributed by atoms with van der Waals surface area (Å²) in [5.41, 5.74) is 1.30. The predicted octanol–water partition coefficient (Wildman–Crippen LogP) is 4.68. The molecule has 11 heteroatoms. The maximum Gasteiger partial charge on any atom is 0.416 e. The zero-order chi connectivity index (χ0) is 24.1. The number of anilines is 2. The monoisotopic (exact) mass is 479 g/mol. The van der Waals surface area contributed by atoms with Gasteiger partial charge in [-0.1, -0.05) is 12.1 Å². The fraction of sp³-hybridized carbons (Fsp3) is 0.409. The number of halogens is 3. The van der Waals surface area contributed by atoms with Crippen LogP contribution in [0.5, 0.6) is 0 Å². The van der Waals surface area contributed by atoms with Gasteiger partial charge in [0, 0.05) is 6.54 Å². The summed E-state index contributed by atoms with van der Waals surface area (Å²) in [5, 5.41) is 3.69. The second-order valence-electron chi connectivity index (χ2n) is 8.21. The number of hydrogen-bond donors (Lipinski definition) is 1. The van der Waals surface area contributed by atoms with E-state index in [2.05, 4.69) is 20.3 Å². The van der Waals surface area contributed by atoms with Crippen LogP contribution in [0.2, 0.25) is 0 Å². The molecule has 7 nitrogen and oxygen atoms in total. The normalized spacial score (nSPS) is 16.9. The molecule has 1 saturated heterocycles. The van der Waals surface area contributed by atoms with E-state index >= 15 is 0 Å². The van der Waals surface area contributed by atoms with Gasteiger partial charge in [0.15, 0.2) is 5.65 Å². The standard InChI is InChI=1S/C22H24F3N5O2S/c1-12-16(7-5-8-18(12)22(23,24)25)13(2)26-20-17-11-19(30-9-6-10-33(30,31)32)14(3)27-21(17)29-15(4)28-20/h5,7-8,11,13H,6,9-10H2,1-4H3,(H,26,27,28,29)/t13-/m1/s1. The van der Waals surface area contributed by atoms with Crippen molar-refractivity contribution >= 4 is 32.6 Å². The van der Waals surface area contributed by atoms with Crippen LogP contribution in [0.25, 0.3) is 11.0 Å². The number of hydrogen-bond acceptors (Lipinski definition) is 6. The van der Waals surface area contributed by atoms with Gasteiger partial charge in [-0.25, -0.2) is 23.4 Å². The minimum absolute atomic E-state index is 0.0752. The Bertz CT molecular complexity index is 1340. The molecule has 0 aliphatic carbocycles. The lowest BCUT2D eigenvalue weighted by Crippen LogP contribution is -2.26. The van der Waals surface area contributed by atoms with E-state index in [1.807, 2.05) is 0 Å². The molecule has 0 saturated carbocycles. The summed E-state index contributed by atoms with van der Waals surface area (Å²) in [4.78, 5) is 13.3. The highest BCUT2D eigenvalue weighted by Gasteiger charge is 2.34. The Morgan fingerprint density at radius 1 is 1.12 bits per heavy atom.